The number of carbonyl (C=O) groups is 2. The van der Waals surface area contributed by atoms with Gasteiger partial charge in [0, 0.05) is 18.8 Å². The number of primary amides is 1. The third-order valence-corrected chi connectivity index (χ3v) is 2.91. The highest BCUT2D eigenvalue weighted by atomic mass is 16.2. The molecule has 18 heavy (non-hydrogen) atoms. The van der Waals surface area contributed by atoms with E-state index in [1.54, 1.807) is 4.90 Å². The molecule has 0 aliphatic carbocycles. The zero-order valence-corrected chi connectivity index (χ0v) is 10.5. The molecule has 96 valence electrons. The van der Waals surface area contributed by atoms with Gasteiger partial charge in [-0.25, -0.2) is 4.98 Å². The summed E-state index contributed by atoms with van der Waals surface area (Å²) in [6, 6.07) is 1.81. The van der Waals surface area contributed by atoms with E-state index in [1.807, 2.05) is 19.9 Å². The molecule has 0 saturated carbocycles. The van der Waals surface area contributed by atoms with Crippen LogP contribution >= 0.6 is 0 Å². The number of hydrogen-bond acceptors (Lipinski definition) is 4. The lowest BCUT2D eigenvalue weighted by molar-refractivity contribution is -0.120. The van der Waals surface area contributed by atoms with Crippen LogP contribution in [0.15, 0.2) is 6.07 Å². The number of piperazine rings is 1. The number of nitrogens with two attached hydrogens (primary N) is 1. The van der Waals surface area contributed by atoms with Gasteiger partial charge in [-0.15, -0.1) is 0 Å². The number of rotatable bonds is 2. The second-order valence-corrected chi connectivity index (χ2v) is 4.41. The van der Waals surface area contributed by atoms with Crippen molar-refractivity contribution < 1.29 is 9.59 Å². The normalized spacial score (nSPS) is 15.4. The van der Waals surface area contributed by atoms with Gasteiger partial charge >= 0.3 is 0 Å². The van der Waals surface area contributed by atoms with Crippen LogP contribution in [0.3, 0.4) is 0 Å². The SMILES string of the molecule is Cc1cc(C)c(C(N)=O)c(N2CCNC(=O)C2)n1. The quantitative estimate of drug-likeness (QED) is 0.754. The predicted octanol–water partition coefficient (Wildman–Crippen LogP) is -0.266. The lowest BCUT2D eigenvalue weighted by Crippen LogP contribution is -2.48. The maximum atomic E-state index is 11.5. The number of hydrogen-bond donors (Lipinski definition) is 2. The Morgan fingerprint density at radius 2 is 2.22 bits per heavy atom. The van der Waals surface area contributed by atoms with E-state index in [1.165, 1.54) is 0 Å². The number of aryl methyl sites for hydroxylation is 2. The molecule has 0 unspecified atom stereocenters. The summed E-state index contributed by atoms with van der Waals surface area (Å²) in [6.07, 6.45) is 0. The summed E-state index contributed by atoms with van der Waals surface area (Å²) in [6.45, 7) is 5.05. The Balaban J connectivity index is 2.48. The Hall–Kier alpha value is -2.11. The lowest BCUT2D eigenvalue weighted by atomic mass is 10.1. The standard InChI is InChI=1S/C12H16N4O2/c1-7-5-8(2)15-12(10(7)11(13)18)16-4-3-14-9(17)6-16/h5H,3-4,6H2,1-2H3,(H2,13,18)(H,14,17). The van der Waals surface area contributed by atoms with Gasteiger partial charge in [0.2, 0.25) is 5.91 Å². The highest BCUT2D eigenvalue weighted by Crippen LogP contribution is 2.22. The molecule has 2 heterocycles. The molecule has 0 atom stereocenters. The van der Waals surface area contributed by atoms with E-state index in [2.05, 4.69) is 10.3 Å². The largest absolute Gasteiger partial charge is 0.365 e. The van der Waals surface area contributed by atoms with Crippen molar-refractivity contribution >= 4 is 17.6 Å². The molecule has 6 nitrogen and oxygen atoms in total. The number of carbonyl (C=O) groups excluding carboxylic acids is 2. The van der Waals surface area contributed by atoms with Crippen LogP contribution in [0.25, 0.3) is 0 Å². The number of amides is 2. The Bertz CT molecular complexity index is 513. The van der Waals surface area contributed by atoms with E-state index in [4.69, 9.17) is 5.73 Å². The zero-order chi connectivity index (χ0) is 13.3. The number of pyridine rings is 1. The molecule has 6 heteroatoms. The van der Waals surface area contributed by atoms with Crippen molar-refractivity contribution in [3.05, 3.63) is 22.9 Å². The van der Waals surface area contributed by atoms with Gasteiger partial charge in [-0.2, -0.15) is 0 Å². The molecule has 1 aromatic heterocycles. The molecule has 1 aliphatic heterocycles. The van der Waals surface area contributed by atoms with Gasteiger partial charge in [-0.3, -0.25) is 9.59 Å². The van der Waals surface area contributed by atoms with Crippen LogP contribution in [-0.2, 0) is 4.79 Å². The molecule has 0 aromatic carbocycles. The molecule has 0 bridgehead atoms. The van der Waals surface area contributed by atoms with E-state index >= 15 is 0 Å². The van der Waals surface area contributed by atoms with Crippen molar-refractivity contribution in [3.8, 4) is 0 Å². The lowest BCUT2D eigenvalue weighted by Gasteiger charge is -2.29. The van der Waals surface area contributed by atoms with Crippen molar-refractivity contribution in [1.82, 2.24) is 10.3 Å². The molecule has 3 N–H and O–H groups in total. The molecule has 1 aromatic rings. The van der Waals surface area contributed by atoms with Crippen molar-refractivity contribution in [2.45, 2.75) is 13.8 Å². The molecular formula is C12H16N4O2. The Morgan fingerprint density at radius 3 is 2.83 bits per heavy atom. The van der Waals surface area contributed by atoms with Gasteiger partial charge in [-0.1, -0.05) is 0 Å². The fourth-order valence-corrected chi connectivity index (χ4v) is 2.17. The number of aromatic nitrogens is 1. The molecule has 2 rings (SSSR count). The first kappa shape index (κ1) is 12.3. The van der Waals surface area contributed by atoms with Crippen molar-refractivity contribution in [2.75, 3.05) is 24.5 Å². The second-order valence-electron chi connectivity index (χ2n) is 4.41. The average molecular weight is 248 g/mol. The summed E-state index contributed by atoms with van der Waals surface area (Å²) in [7, 11) is 0. The van der Waals surface area contributed by atoms with Crippen LogP contribution in [0.4, 0.5) is 5.82 Å². The summed E-state index contributed by atoms with van der Waals surface area (Å²) in [5, 5.41) is 2.74. The number of nitrogens with zero attached hydrogens (tertiary/aromatic N) is 2. The summed E-state index contributed by atoms with van der Waals surface area (Å²) >= 11 is 0. The molecule has 1 saturated heterocycles. The minimum absolute atomic E-state index is 0.0716. The Morgan fingerprint density at radius 1 is 1.50 bits per heavy atom. The summed E-state index contributed by atoms with van der Waals surface area (Å²) in [5.41, 5.74) is 7.39. The van der Waals surface area contributed by atoms with E-state index in [0.717, 1.165) is 11.3 Å². The molecular weight excluding hydrogens is 232 g/mol. The molecule has 1 fully saturated rings. The van der Waals surface area contributed by atoms with Crippen LogP contribution in [0, 0.1) is 13.8 Å². The van der Waals surface area contributed by atoms with Crippen molar-refractivity contribution in [3.63, 3.8) is 0 Å². The first-order chi connectivity index (χ1) is 8.49. The fourth-order valence-electron chi connectivity index (χ4n) is 2.17. The van der Waals surface area contributed by atoms with Crippen LogP contribution in [0.1, 0.15) is 21.6 Å². The van der Waals surface area contributed by atoms with Gasteiger partial charge in [0.1, 0.15) is 5.82 Å². The molecule has 0 radical (unpaired) electrons. The van der Waals surface area contributed by atoms with E-state index in [9.17, 15) is 9.59 Å². The summed E-state index contributed by atoms with van der Waals surface area (Å²) < 4.78 is 0. The van der Waals surface area contributed by atoms with Gasteiger partial charge < -0.3 is 16.0 Å². The number of nitrogens with one attached hydrogen (secondary N) is 1. The molecule has 1 aliphatic rings. The smallest absolute Gasteiger partial charge is 0.252 e. The summed E-state index contributed by atoms with van der Waals surface area (Å²) in [5.74, 6) is -0.0755. The highest BCUT2D eigenvalue weighted by molar-refractivity contribution is 6.00. The van der Waals surface area contributed by atoms with Crippen LogP contribution in [0.2, 0.25) is 0 Å². The number of anilines is 1. The Labute approximate surface area is 105 Å². The van der Waals surface area contributed by atoms with Gasteiger partial charge in [0.15, 0.2) is 0 Å². The first-order valence-corrected chi connectivity index (χ1v) is 5.78. The van der Waals surface area contributed by atoms with Crippen LogP contribution < -0.4 is 16.0 Å². The average Bonchev–Trinajstić information content (AvgIpc) is 2.27. The van der Waals surface area contributed by atoms with Gasteiger partial charge in [-0.05, 0) is 25.5 Å². The topological polar surface area (TPSA) is 88.3 Å². The minimum atomic E-state index is -0.513. The van der Waals surface area contributed by atoms with E-state index < -0.39 is 5.91 Å². The van der Waals surface area contributed by atoms with Gasteiger partial charge in [0.05, 0.1) is 12.1 Å². The molecule has 0 spiro atoms. The van der Waals surface area contributed by atoms with Crippen molar-refractivity contribution in [2.24, 2.45) is 5.73 Å². The van der Waals surface area contributed by atoms with E-state index in [-0.39, 0.29) is 12.5 Å². The van der Waals surface area contributed by atoms with Crippen LogP contribution in [-0.4, -0.2) is 36.4 Å². The minimum Gasteiger partial charge on any atom is -0.365 e. The fraction of sp³-hybridized carbons (Fsp3) is 0.417. The van der Waals surface area contributed by atoms with Crippen molar-refractivity contribution in [1.29, 1.82) is 0 Å². The monoisotopic (exact) mass is 248 g/mol. The van der Waals surface area contributed by atoms with Crippen LogP contribution in [0.5, 0.6) is 0 Å². The van der Waals surface area contributed by atoms with Gasteiger partial charge in [0.25, 0.3) is 5.91 Å². The molecule has 2 amide bonds. The zero-order valence-electron chi connectivity index (χ0n) is 10.5. The Kier molecular flexibility index (Phi) is 3.18. The summed E-state index contributed by atoms with van der Waals surface area (Å²) in [4.78, 5) is 29.1. The third-order valence-electron chi connectivity index (χ3n) is 2.91. The maximum absolute atomic E-state index is 11.5. The first-order valence-electron chi connectivity index (χ1n) is 5.78. The maximum Gasteiger partial charge on any atom is 0.252 e. The predicted molar refractivity (Wildman–Crippen MR) is 67.5 cm³/mol. The second kappa shape index (κ2) is 4.64. The third kappa shape index (κ3) is 2.27. The van der Waals surface area contributed by atoms with E-state index in [0.29, 0.717) is 24.5 Å². The highest BCUT2D eigenvalue weighted by Gasteiger charge is 2.23.